The third kappa shape index (κ3) is 2.86. The average molecular weight is 185 g/mol. The molecule has 0 radical (unpaired) electrons. The van der Waals surface area contributed by atoms with Gasteiger partial charge in [-0.1, -0.05) is 0 Å². The van der Waals surface area contributed by atoms with Crippen LogP contribution >= 0.6 is 10.7 Å². The van der Waals surface area contributed by atoms with Gasteiger partial charge in [-0.05, 0) is 12.3 Å². The fraction of sp³-hybridized carbons (Fsp3) is 1.00. The van der Waals surface area contributed by atoms with Crippen molar-refractivity contribution in [1.82, 2.24) is 0 Å². The van der Waals surface area contributed by atoms with Gasteiger partial charge < -0.3 is 4.74 Å². The van der Waals surface area contributed by atoms with Gasteiger partial charge in [-0.15, -0.1) is 0 Å². The van der Waals surface area contributed by atoms with Crippen LogP contribution in [0.1, 0.15) is 6.42 Å². The second-order valence-corrected chi connectivity index (χ2v) is 5.26. The first-order valence-corrected chi connectivity index (χ1v) is 5.56. The number of halogens is 1. The summed E-state index contributed by atoms with van der Waals surface area (Å²) in [6.45, 7) is 1.20. The highest BCUT2D eigenvalue weighted by Gasteiger charge is 2.21. The Kier molecular flexibility index (Phi) is 2.55. The van der Waals surface area contributed by atoms with Gasteiger partial charge in [-0.3, -0.25) is 0 Å². The van der Waals surface area contributed by atoms with Gasteiger partial charge in [0.1, 0.15) is 0 Å². The molecule has 0 aliphatic carbocycles. The Balaban J connectivity index is 2.38. The van der Waals surface area contributed by atoms with E-state index < -0.39 is 9.05 Å². The van der Waals surface area contributed by atoms with Gasteiger partial charge in [0.25, 0.3) is 0 Å². The number of ether oxygens (including phenoxy) is 1. The van der Waals surface area contributed by atoms with E-state index in [9.17, 15) is 8.42 Å². The molecule has 1 aliphatic heterocycles. The van der Waals surface area contributed by atoms with Crippen LogP contribution in [0.4, 0.5) is 0 Å². The quantitative estimate of drug-likeness (QED) is 0.590. The number of rotatable bonds is 2. The van der Waals surface area contributed by atoms with Crippen molar-refractivity contribution in [2.75, 3.05) is 19.0 Å². The van der Waals surface area contributed by atoms with Crippen LogP contribution in [0.5, 0.6) is 0 Å². The van der Waals surface area contributed by atoms with Crippen molar-refractivity contribution in [2.45, 2.75) is 6.42 Å². The lowest BCUT2D eigenvalue weighted by molar-refractivity contribution is 0.188. The molecule has 0 aromatic rings. The Morgan fingerprint density at radius 3 is 2.70 bits per heavy atom. The van der Waals surface area contributed by atoms with Gasteiger partial charge in [0.15, 0.2) is 0 Å². The molecule has 0 saturated carbocycles. The average Bonchev–Trinajstić information content (AvgIpc) is 2.12. The van der Waals surface area contributed by atoms with Crippen molar-refractivity contribution < 1.29 is 13.2 Å². The first kappa shape index (κ1) is 8.30. The van der Waals surface area contributed by atoms with E-state index in [1.165, 1.54) is 0 Å². The Morgan fingerprint density at radius 1 is 1.60 bits per heavy atom. The molecule has 5 heteroatoms. The summed E-state index contributed by atoms with van der Waals surface area (Å²) in [6.07, 6.45) is 0.811. The SMILES string of the molecule is O=S(=O)(Cl)C[C@@H]1CCOC1. The van der Waals surface area contributed by atoms with Crippen molar-refractivity contribution >= 4 is 19.7 Å². The first-order valence-electron chi connectivity index (χ1n) is 3.08. The molecule has 1 atom stereocenters. The van der Waals surface area contributed by atoms with Crippen LogP contribution in [0.3, 0.4) is 0 Å². The van der Waals surface area contributed by atoms with Crippen LogP contribution in [0.2, 0.25) is 0 Å². The normalized spacial score (nSPS) is 27.1. The molecule has 10 heavy (non-hydrogen) atoms. The summed E-state index contributed by atoms with van der Waals surface area (Å²) in [6, 6.07) is 0. The minimum absolute atomic E-state index is 0.0502. The highest BCUT2D eigenvalue weighted by Crippen LogP contribution is 2.15. The van der Waals surface area contributed by atoms with E-state index in [0.717, 1.165) is 6.42 Å². The predicted molar refractivity (Wildman–Crippen MR) is 38.6 cm³/mol. The van der Waals surface area contributed by atoms with Gasteiger partial charge in [0.2, 0.25) is 9.05 Å². The van der Waals surface area contributed by atoms with Crippen LogP contribution in [-0.2, 0) is 13.8 Å². The molecule has 0 N–H and O–H groups in total. The monoisotopic (exact) mass is 184 g/mol. The molecule has 0 spiro atoms. The van der Waals surface area contributed by atoms with E-state index in [1.54, 1.807) is 0 Å². The molecule has 1 aliphatic rings. The standard InChI is InChI=1S/C5H9ClO3S/c6-10(7,8)4-5-1-2-9-3-5/h5H,1-4H2/t5-/m1/s1. The number of hydrogen-bond acceptors (Lipinski definition) is 3. The summed E-state index contributed by atoms with van der Waals surface area (Å²) in [5.74, 6) is 0.164. The predicted octanol–water partition coefficient (Wildman–Crippen LogP) is 0.592. The summed E-state index contributed by atoms with van der Waals surface area (Å²) >= 11 is 0. The van der Waals surface area contributed by atoms with E-state index in [1.807, 2.05) is 0 Å². The fourth-order valence-corrected chi connectivity index (χ4v) is 2.36. The van der Waals surface area contributed by atoms with Crippen molar-refractivity contribution in [1.29, 1.82) is 0 Å². The molecule has 1 rings (SSSR count). The van der Waals surface area contributed by atoms with E-state index in [-0.39, 0.29) is 11.7 Å². The molecule has 0 aromatic carbocycles. The lowest BCUT2D eigenvalue weighted by Gasteiger charge is -2.01. The number of hydrogen-bond donors (Lipinski definition) is 0. The van der Waals surface area contributed by atoms with Gasteiger partial charge in [0, 0.05) is 17.3 Å². The van der Waals surface area contributed by atoms with Gasteiger partial charge in [-0.25, -0.2) is 8.42 Å². The smallest absolute Gasteiger partial charge is 0.232 e. The zero-order valence-corrected chi connectivity index (χ0v) is 6.99. The van der Waals surface area contributed by atoms with Crippen LogP contribution in [0, 0.1) is 5.92 Å². The van der Waals surface area contributed by atoms with Gasteiger partial charge >= 0.3 is 0 Å². The van der Waals surface area contributed by atoms with Crippen molar-refractivity contribution in [3.05, 3.63) is 0 Å². The Labute approximate surface area is 64.7 Å². The molecule has 0 unspecified atom stereocenters. The summed E-state index contributed by atoms with van der Waals surface area (Å²) < 4.78 is 26.0. The summed E-state index contributed by atoms with van der Waals surface area (Å²) in [4.78, 5) is 0. The van der Waals surface area contributed by atoms with Gasteiger partial charge in [-0.2, -0.15) is 0 Å². The van der Waals surface area contributed by atoms with E-state index >= 15 is 0 Å². The fourth-order valence-electron chi connectivity index (χ4n) is 0.996. The Morgan fingerprint density at radius 2 is 2.30 bits per heavy atom. The lowest BCUT2D eigenvalue weighted by Crippen LogP contribution is -2.11. The van der Waals surface area contributed by atoms with Gasteiger partial charge in [0.05, 0.1) is 12.4 Å². The highest BCUT2D eigenvalue weighted by molar-refractivity contribution is 8.13. The molecule has 60 valence electrons. The highest BCUT2D eigenvalue weighted by atomic mass is 35.7. The first-order chi connectivity index (χ1) is 4.58. The summed E-state index contributed by atoms with van der Waals surface area (Å²) in [7, 11) is 1.71. The molecule has 0 amide bonds. The lowest BCUT2D eigenvalue weighted by atomic mass is 10.2. The summed E-state index contributed by atoms with van der Waals surface area (Å²) in [5.41, 5.74) is 0. The molecule has 1 fully saturated rings. The maximum absolute atomic E-state index is 10.5. The van der Waals surface area contributed by atoms with E-state index in [2.05, 4.69) is 0 Å². The molecule has 0 bridgehead atoms. The second kappa shape index (κ2) is 3.07. The van der Waals surface area contributed by atoms with Crippen molar-refractivity contribution in [3.63, 3.8) is 0 Å². The van der Waals surface area contributed by atoms with E-state index in [0.29, 0.717) is 13.2 Å². The van der Waals surface area contributed by atoms with Crippen LogP contribution in [-0.4, -0.2) is 27.4 Å². The molecule has 1 heterocycles. The molecule has 0 aromatic heterocycles. The minimum Gasteiger partial charge on any atom is -0.381 e. The van der Waals surface area contributed by atoms with E-state index in [4.69, 9.17) is 15.4 Å². The summed E-state index contributed by atoms with van der Waals surface area (Å²) in [5, 5.41) is 0. The maximum atomic E-state index is 10.5. The molecular formula is C5H9ClO3S. The zero-order valence-electron chi connectivity index (χ0n) is 5.42. The third-order valence-electron chi connectivity index (χ3n) is 1.46. The van der Waals surface area contributed by atoms with Crippen LogP contribution in [0.15, 0.2) is 0 Å². The Hall–Kier alpha value is 0.200. The molecule has 3 nitrogen and oxygen atoms in total. The van der Waals surface area contributed by atoms with Crippen molar-refractivity contribution in [3.8, 4) is 0 Å². The second-order valence-electron chi connectivity index (χ2n) is 2.44. The third-order valence-corrected chi connectivity index (χ3v) is 2.71. The van der Waals surface area contributed by atoms with Crippen LogP contribution in [0.25, 0.3) is 0 Å². The minimum atomic E-state index is -3.32. The van der Waals surface area contributed by atoms with Crippen molar-refractivity contribution in [2.24, 2.45) is 5.92 Å². The molecular weight excluding hydrogens is 176 g/mol. The maximum Gasteiger partial charge on any atom is 0.232 e. The Bertz CT molecular complexity index is 193. The topological polar surface area (TPSA) is 43.4 Å². The largest absolute Gasteiger partial charge is 0.381 e. The zero-order chi connectivity index (χ0) is 7.61. The van der Waals surface area contributed by atoms with Crippen LogP contribution < -0.4 is 0 Å². The molecule has 1 saturated heterocycles.